The van der Waals surface area contributed by atoms with Gasteiger partial charge in [0.2, 0.25) is 11.8 Å². The molecule has 1 fully saturated rings. The quantitative estimate of drug-likeness (QED) is 0.627. The number of likely N-dealkylation sites (N-methyl/N-ethyl adjacent to an activating group) is 1. The van der Waals surface area contributed by atoms with Gasteiger partial charge in [0.1, 0.15) is 6.04 Å². The highest BCUT2D eigenvalue weighted by Gasteiger charge is 2.34. The van der Waals surface area contributed by atoms with E-state index in [1.807, 2.05) is 6.92 Å². The third kappa shape index (κ3) is 2.93. The lowest BCUT2D eigenvalue weighted by molar-refractivity contribution is -0.138. The Morgan fingerprint density at radius 3 is 2.88 bits per heavy atom. The Morgan fingerprint density at radius 1 is 1.62 bits per heavy atom. The van der Waals surface area contributed by atoms with Gasteiger partial charge < -0.3 is 15.8 Å². The standard InChI is InChI=1S/C10H19N3O3/c1-3-12-10(15)8-6-16-5-4-13(8)7(2)9(11)14/h7-8H,3-6H2,1-2H3,(H2,11,14)(H,12,15). The van der Waals surface area contributed by atoms with Crippen LogP contribution in [0.25, 0.3) is 0 Å². The highest BCUT2D eigenvalue weighted by Crippen LogP contribution is 2.11. The van der Waals surface area contributed by atoms with Crippen LogP contribution in [0.4, 0.5) is 0 Å². The van der Waals surface area contributed by atoms with Crippen molar-refractivity contribution in [1.82, 2.24) is 10.2 Å². The van der Waals surface area contributed by atoms with Gasteiger partial charge in [-0.3, -0.25) is 14.5 Å². The summed E-state index contributed by atoms with van der Waals surface area (Å²) in [7, 11) is 0. The number of carbonyl (C=O) groups is 2. The van der Waals surface area contributed by atoms with E-state index in [0.717, 1.165) is 0 Å². The summed E-state index contributed by atoms with van der Waals surface area (Å²) in [4.78, 5) is 24.7. The predicted molar refractivity (Wildman–Crippen MR) is 58.7 cm³/mol. The van der Waals surface area contributed by atoms with E-state index in [1.165, 1.54) is 0 Å². The highest BCUT2D eigenvalue weighted by atomic mass is 16.5. The fourth-order valence-corrected chi connectivity index (χ4v) is 1.76. The molecule has 92 valence electrons. The molecule has 2 unspecified atom stereocenters. The Balaban J connectivity index is 2.70. The fourth-order valence-electron chi connectivity index (χ4n) is 1.76. The van der Waals surface area contributed by atoms with Gasteiger partial charge in [-0.1, -0.05) is 0 Å². The minimum absolute atomic E-state index is 0.115. The topological polar surface area (TPSA) is 84.7 Å². The van der Waals surface area contributed by atoms with Gasteiger partial charge in [-0.2, -0.15) is 0 Å². The largest absolute Gasteiger partial charge is 0.378 e. The minimum atomic E-state index is -0.448. The zero-order chi connectivity index (χ0) is 12.1. The fraction of sp³-hybridized carbons (Fsp3) is 0.800. The average molecular weight is 229 g/mol. The van der Waals surface area contributed by atoms with Crippen LogP contribution in [0.5, 0.6) is 0 Å². The summed E-state index contributed by atoms with van der Waals surface area (Å²) in [5.74, 6) is -0.536. The maximum atomic E-state index is 11.8. The molecule has 1 saturated heterocycles. The second-order valence-electron chi connectivity index (χ2n) is 3.80. The van der Waals surface area contributed by atoms with Crippen LogP contribution in [0.2, 0.25) is 0 Å². The van der Waals surface area contributed by atoms with Gasteiger partial charge in [0.15, 0.2) is 0 Å². The first-order chi connectivity index (χ1) is 7.57. The molecule has 0 aromatic heterocycles. The molecule has 16 heavy (non-hydrogen) atoms. The Morgan fingerprint density at radius 2 is 2.31 bits per heavy atom. The molecule has 2 amide bonds. The Bertz CT molecular complexity index is 270. The number of nitrogens with zero attached hydrogens (tertiary/aromatic N) is 1. The highest BCUT2D eigenvalue weighted by molar-refractivity contribution is 5.84. The lowest BCUT2D eigenvalue weighted by Gasteiger charge is -2.37. The molecule has 1 aliphatic heterocycles. The summed E-state index contributed by atoms with van der Waals surface area (Å²) in [5.41, 5.74) is 5.25. The summed E-state index contributed by atoms with van der Waals surface area (Å²) in [6.07, 6.45) is 0. The van der Waals surface area contributed by atoms with E-state index in [2.05, 4.69) is 5.32 Å². The zero-order valence-electron chi connectivity index (χ0n) is 9.73. The van der Waals surface area contributed by atoms with E-state index in [4.69, 9.17) is 10.5 Å². The molecule has 2 atom stereocenters. The molecule has 0 aliphatic carbocycles. The number of amides is 2. The number of carbonyl (C=O) groups excluding carboxylic acids is 2. The molecule has 6 nitrogen and oxygen atoms in total. The van der Waals surface area contributed by atoms with Crippen LogP contribution >= 0.6 is 0 Å². The summed E-state index contributed by atoms with van der Waals surface area (Å²) in [6.45, 7) is 5.50. The number of morpholine rings is 1. The average Bonchev–Trinajstić information content (AvgIpc) is 2.28. The Kier molecular flexibility index (Phi) is 4.70. The molecule has 0 saturated carbocycles. The lowest BCUT2D eigenvalue weighted by atomic mass is 10.1. The normalized spacial score (nSPS) is 23.8. The second kappa shape index (κ2) is 5.81. The monoisotopic (exact) mass is 229 g/mol. The molecule has 0 aromatic carbocycles. The number of ether oxygens (including phenoxy) is 1. The summed E-state index contributed by atoms with van der Waals surface area (Å²) < 4.78 is 5.26. The Hall–Kier alpha value is -1.14. The van der Waals surface area contributed by atoms with Crippen LogP contribution in [0, 0.1) is 0 Å². The van der Waals surface area contributed by atoms with Crippen LogP contribution in [0.3, 0.4) is 0 Å². The molecule has 3 N–H and O–H groups in total. The van der Waals surface area contributed by atoms with Gasteiger partial charge in [0, 0.05) is 13.1 Å². The van der Waals surface area contributed by atoms with Gasteiger partial charge in [0.25, 0.3) is 0 Å². The summed E-state index contributed by atoms with van der Waals surface area (Å²) >= 11 is 0. The predicted octanol–water partition coefficient (Wildman–Crippen LogP) is -1.30. The third-order valence-electron chi connectivity index (χ3n) is 2.73. The molecule has 6 heteroatoms. The van der Waals surface area contributed by atoms with Crippen molar-refractivity contribution in [3.63, 3.8) is 0 Å². The van der Waals surface area contributed by atoms with Crippen molar-refractivity contribution >= 4 is 11.8 Å². The van der Waals surface area contributed by atoms with E-state index in [1.54, 1.807) is 11.8 Å². The number of nitrogens with one attached hydrogen (secondary N) is 1. The number of hydrogen-bond acceptors (Lipinski definition) is 4. The van der Waals surface area contributed by atoms with Crippen molar-refractivity contribution < 1.29 is 14.3 Å². The smallest absolute Gasteiger partial charge is 0.239 e. The van der Waals surface area contributed by atoms with Crippen molar-refractivity contribution in [1.29, 1.82) is 0 Å². The number of primary amides is 1. The van der Waals surface area contributed by atoms with Crippen LogP contribution < -0.4 is 11.1 Å². The molecule has 0 aromatic rings. The summed E-state index contributed by atoms with van der Waals surface area (Å²) in [5, 5.41) is 2.73. The first-order valence-electron chi connectivity index (χ1n) is 5.48. The molecule has 1 aliphatic rings. The van der Waals surface area contributed by atoms with Gasteiger partial charge in [-0.05, 0) is 13.8 Å². The SMILES string of the molecule is CCNC(=O)C1COCCN1C(C)C(N)=O. The van der Waals surface area contributed by atoms with Crippen molar-refractivity contribution in [2.24, 2.45) is 5.73 Å². The Labute approximate surface area is 95.1 Å². The maximum absolute atomic E-state index is 11.8. The van der Waals surface area contributed by atoms with Gasteiger partial charge in [0.05, 0.1) is 19.3 Å². The number of nitrogens with two attached hydrogens (primary N) is 1. The first-order valence-corrected chi connectivity index (χ1v) is 5.48. The lowest BCUT2D eigenvalue weighted by Crippen LogP contribution is -2.59. The number of rotatable bonds is 4. The van der Waals surface area contributed by atoms with Crippen molar-refractivity contribution in [3.8, 4) is 0 Å². The van der Waals surface area contributed by atoms with Crippen LogP contribution in [0.1, 0.15) is 13.8 Å². The van der Waals surface area contributed by atoms with E-state index >= 15 is 0 Å². The molecular formula is C10H19N3O3. The minimum Gasteiger partial charge on any atom is -0.378 e. The van der Waals surface area contributed by atoms with E-state index in [9.17, 15) is 9.59 Å². The van der Waals surface area contributed by atoms with Crippen molar-refractivity contribution in [2.75, 3.05) is 26.3 Å². The van der Waals surface area contributed by atoms with E-state index in [0.29, 0.717) is 26.3 Å². The zero-order valence-corrected chi connectivity index (χ0v) is 9.73. The third-order valence-corrected chi connectivity index (χ3v) is 2.73. The van der Waals surface area contributed by atoms with Gasteiger partial charge in [-0.15, -0.1) is 0 Å². The molecule has 0 spiro atoms. The van der Waals surface area contributed by atoms with Crippen molar-refractivity contribution in [2.45, 2.75) is 25.9 Å². The maximum Gasteiger partial charge on any atom is 0.239 e. The van der Waals surface area contributed by atoms with Crippen LogP contribution in [-0.2, 0) is 14.3 Å². The molecule has 0 bridgehead atoms. The van der Waals surface area contributed by atoms with E-state index in [-0.39, 0.29) is 5.91 Å². The molecule has 0 radical (unpaired) electrons. The van der Waals surface area contributed by atoms with E-state index < -0.39 is 18.0 Å². The first kappa shape index (κ1) is 12.9. The molecular weight excluding hydrogens is 210 g/mol. The number of hydrogen-bond donors (Lipinski definition) is 2. The molecule has 1 rings (SSSR count). The van der Waals surface area contributed by atoms with Crippen molar-refractivity contribution in [3.05, 3.63) is 0 Å². The van der Waals surface area contributed by atoms with Crippen LogP contribution in [-0.4, -0.2) is 55.1 Å². The van der Waals surface area contributed by atoms with Gasteiger partial charge >= 0.3 is 0 Å². The second-order valence-corrected chi connectivity index (χ2v) is 3.80. The van der Waals surface area contributed by atoms with Crippen LogP contribution in [0.15, 0.2) is 0 Å². The molecule has 1 heterocycles. The van der Waals surface area contributed by atoms with Gasteiger partial charge in [-0.25, -0.2) is 0 Å². The summed E-state index contributed by atoms with van der Waals surface area (Å²) in [6, 6.07) is -0.868.